The van der Waals surface area contributed by atoms with Crippen LogP contribution in [0.2, 0.25) is 0 Å². The lowest BCUT2D eigenvalue weighted by Crippen LogP contribution is -2.08. The Morgan fingerprint density at radius 3 is 2.25 bits per heavy atom. The summed E-state index contributed by atoms with van der Waals surface area (Å²) < 4.78 is 56.9. The molecule has 1 aromatic rings. The smallest absolute Gasteiger partial charge is 0.387 e. The highest BCUT2D eigenvalue weighted by atomic mass is 19.3. The Hall–Kier alpha value is -1.99. The van der Waals surface area contributed by atoms with E-state index in [0.29, 0.717) is 12.0 Å². The lowest BCUT2D eigenvalue weighted by atomic mass is 10.1. The largest absolute Gasteiger partial charge is 0.481 e. The lowest BCUT2D eigenvalue weighted by Gasteiger charge is -2.13. The fourth-order valence-corrected chi connectivity index (χ4v) is 1.97. The Morgan fingerprint density at radius 1 is 1.15 bits per heavy atom. The van der Waals surface area contributed by atoms with Crippen LogP contribution in [0.25, 0.3) is 0 Å². The van der Waals surface area contributed by atoms with Gasteiger partial charge in [-0.15, -0.1) is 0 Å². The number of ether oxygens (including phenoxy) is 2. The Balaban J connectivity index is 2.22. The maximum atomic E-state index is 12.2. The van der Waals surface area contributed by atoms with E-state index in [4.69, 9.17) is 5.11 Å². The van der Waals surface area contributed by atoms with Crippen molar-refractivity contribution in [2.45, 2.75) is 25.6 Å². The molecule has 0 bridgehead atoms. The number of rotatable bonds is 6. The highest BCUT2D eigenvalue weighted by Gasteiger charge is 2.44. The number of aliphatic carboxylic acids is 1. The molecule has 1 aromatic carbocycles. The van der Waals surface area contributed by atoms with Crippen molar-refractivity contribution in [1.82, 2.24) is 0 Å². The quantitative estimate of drug-likeness (QED) is 0.819. The molecule has 1 aliphatic carbocycles. The summed E-state index contributed by atoms with van der Waals surface area (Å²) in [4.78, 5) is 10.7. The normalized spacial score (nSPS) is 21.1. The molecular weight excluding hydrogens is 284 g/mol. The highest BCUT2D eigenvalue weighted by Crippen LogP contribution is 2.49. The van der Waals surface area contributed by atoms with Crippen molar-refractivity contribution < 1.29 is 36.9 Å². The zero-order chi connectivity index (χ0) is 14.9. The van der Waals surface area contributed by atoms with Gasteiger partial charge in [0.25, 0.3) is 0 Å². The van der Waals surface area contributed by atoms with Gasteiger partial charge >= 0.3 is 19.2 Å². The van der Waals surface area contributed by atoms with E-state index in [1.165, 1.54) is 6.07 Å². The van der Waals surface area contributed by atoms with Crippen molar-refractivity contribution in [3.63, 3.8) is 0 Å². The van der Waals surface area contributed by atoms with Crippen molar-refractivity contribution >= 4 is 5.97 Å². The second kappa shape index (κ2) is 5.56. The fraction of sp³-hybridized carbons (Fsp3) is 0.417. The van der Waals surface area contributed by atoms with Crippen LogP contribution in [-0.4, -0.2) is 24.3 Å². The van der Waals surface area contributed by atoms with E-state index in [1.807, 2.05) is 0 Å². The average Bonchev–Trinajstić information content (AvgIpc) is 3.10. The monoisotopic (exact) mass is 294 g/mol. The van der Waals surface area contributed by atoms with E-state index in [1.54, 1.807) is 0 Å². The third-order valence-electron chi connectivity index (χ3n) is 2.94. The number of hydrogen-bond acceptors (Lipinski definition) is 3. The number of halogens is 4. The number of hydrogen-bond donors (Lipinski definition) is 1. The predicted octanol–water partition coefficient (Wildman–Crippen LogP) is 3.08. The maximum absolute atomic E-state index is 12.2. The number of alkyl halides is 4. The van der Waals surface area contributed by atoms with Crippen LogP contribution in [-0.2, 0) is 4.79 Å². The molecule has 0 radical (unpaired) electrons. The van der Waals surface area contributed by atoms with Gasteiger partial charge < -0.3 is 14.6 Å². The van der Waals surface area contributed by atoms with Gasteiger partial charge in [-0.3, -0.25) is 4.79 Å². The minimum Gasteiger partial charge on any atom is -0.481 e. The molecule has 0 aromatic heterocycles. The minimum absolute atomic E-state index is 0.326. The minimum atomic E-state index is -3.19. The van der Waals surface area contributed by atoms with Gasteiger partial charge in [0, 0.05) is 0 Å². The van der Waals surface area contributed by atoms with E-state index in [0.717, 1.165) is 12.1 Å². The third-order valence-corrected chi connectivity index (χ3v) is 2.94. The Bertz CT molecular complexity index is 506. The van der Waals surface area contributed by atoms with Gasteiger partial charge in [-0.25, -0.2) is 0 Å². The van der Waals surface area contributed by atoms with Gasteiger partial charge in [-0.2, -0.15) is 17.6 Å². The van der Waals surface area contributed by atoms with Crippen LogP contribution in [0.1, 0.15) is 17.9 Å². The standard InChI is InChI=1S/C12H10F4O4/c13-11(14)19-8-2-1-5(3-9(8)20-12(15)16)6-4-7(6)10(17)18/h1-3,6-7,11-12H,4H2,(H,17,18)/t6-,7+/m0/s1. The first-order chi connectivity index (χ1) is 9.38. The first-order valence-corrected chi connectivity index (χ1v) is 5.65. The van der Waals surface area contributed by atoms with E-state index >= 15 is 0 Å². The summed E-state index contributed by atoms with van der Waals surface area (Å²) in [5.41, 5.74) is 0.440. The van der Waals surface area contributed by atoms with E-state index in [-0.39, 0.29) is 5.92 Å². The van der Waals surface area contributed by atoms with Crippen molar-refractivity contribution in [2.24, 2.45) is 5.92 Å². The van der Waals surface area contributed by atoms with Gasteiger partial charge in [0.15, 0.2) is 11.5 Å². The van der Waals surface area contributed by atoms with Gasteiger partial charge in [-0.1, -0.05) is 6.07 Å². The van der Waals surface area contributed by atoms with Crippen molar-refractivity contribution in [3.8, 4) is 11.5 Å². The van der Waals surface area contributed by atoms with Gasteiger partial charge in [-0.05, 0) is 30.0 Å². The number of benzene rings is 1. The summed E-state index contributed by atoms with van der Waals surface area (Å²) in [7, 11) is 0. The zero-order valence-electron chi connectivity index (χ0n) is 9.93. The molecule has 110 valence electrons. The molecule has 0 spiro atoms. The van der Waals surface area contributed by atoms with Crippen LogP contribution in [0.4, 0.5) is 17.6 Å². The first-order valence-electron chi connectivity index (χ1n) is 5.65. The molecule has 2 rings (SSSR count). The molecule has 1 saturated carbocycles. The second-order valence-electron chi connectivity index (χ2n) is 4.25. The third kappa shape index (κ3) is 3.31. The number of carbonyl (C=O) groups is 1. The van der Waals surface area contributed by atoms with E-state index in [2.05, 4.69) is 9.47 Å². The Morgan fingerprint density at radius 2 is 1.75 bits per heavy atom. The number of carboxylic acid groups (broad SMARTS) is 1. The predicted molar refractivity (Wildman–Crippen MR) is 58.2 cm³/mol. The molecule has 1 aliphatic rings. The Labute approximate surface area is 110 Å². The van der Waals surface area contributed by atoms with Crippen molar-refractivity contribution in [3.05, 3.63) is 23.8 Å². The SMILES string of the molecule is O=C(O)[C@@H]1C[C@H]1c1ccc(OC(F)F)c(OC(F)F)c1. The van der Waals surface area contributed by atoms with Crippen LogP contribution < -0.4 is 9.47 Å². The van der Waals surface area contributed by atoms with Crippen molar-refractivity contribution in [2.75, 3.05) is 0 Å². The molecule has 0 amide bonds. The molecule has 8 heteroatoms. The summed E-state index contributed by atoms with van der Waals surface area (Å²) in [5, 5.41) is 8.80. The van der Waals surface area contributed by atoms with Gasteiger partial charge in [0.05, 0.1) is 5.92 Å². The van der Waals surface area contributed by atoms with Crippen LogP contribution in [0.5, 0.6) is 11.5 Å². The van der Waals surface area contributed by atoms with E-state index in [9.17, 15) is 22.4 Å². The summed E-state index contributed by atoms with van der Waals surface area (Å²) >= 11 is 0. The molecule has 2 atom stereocenters. The Kier molecular flexibility index (Phi) is 4.01. The van der Waals surface area contributed by atoms with E-state index < -0.39 is 36.6 Å². The molecule has 20 heavy (non-hydrogen) atoms. The summed E-state index contributed by atoms with van der Waals surface area (Å²) in [5.74, 6) is -2.95. The van der Waals surface area contributed by atoms with Crippen LogP contribution in [0.3, 0.4) is 0 Å². The number of carboxylic acids is 1. The van der Waals surface area contributed by atoms with Crippen LogP contribution >= 0.6 is 0 Å². The molecule has 1 N–H and O–H groups in total. The van der Waals surface area contributed by atoms with Crippen LogP contribution in [0, 0.1) is 5.92 Å². The second-order valence-corrected chi connectivity index (χ2v) is 4.25. The molecule has 0 heterocycles. The molecule has 4 nitrogen and oxygen atoms in total. The molecule has 0 unspecified atom stereocenters. The van der Waals surface area contributed by atoms with Crippen molar-refractivity contribution in [1.29, 1.82) is 0 Å². The van der Waals surface area contributed by atoms with Crippen LogP contribution in [0.15, 0.2) is 18.2 Å². The van der Waals surface area contributed by atoms with Gasteiger partial charge in [0.2, 0.25) is 0 Å². The molecule has 0 aliphatic heterocycles. The summed E-state index contributed by atoms with van der Waals surface area (Å²) in [6.07, 6.45) is 0.374. The first kappa shape index (κ1) is 14.4. The average molecular weight is 294 g/mol. The lowest BCUT2D eigenvalue weighted by molar-refractivity contribution is -0.138. The molecule has 1 fully saturated rings. The summed E-state index contributed by atoms with van der Waals surface area (Å²) in [6, 6.07) is 3.54. The van der Waals surface area contributed by atoms with Gasteiger partial charge in [0.1, 0.15) is 0 Å². The zero-order valence-corrected chi connectivity index (χ0v) is 9.93. The molecule has 0 saturated heterocycles. The summed E-state index contributed by atoms with van der Waals surface area (Å²) in [6.45, 7) is -6.37. The topological polar surface area (TPSA) is 55.8 Å². The highest BCUT2D eigenvalue weighted by molar-refractivity contribution is 5.75. The molecular formula is C12H10F4O4. The fourth-order valence-electron chi connectivity index (χ4n) is 1.97. The maximum Gasteiger partial charge on any atom is 0.387 e.